The van der Waals surface area contributed by atoms with Crippen LogP contribution in [-0.4, -0.2) is 25.0 Å². The first-order valence-corrected chi connectivity index (χ1v) is 8.40. The largest absolute Gasteiger partial charge is 0.481 e. The van der Waals surface area contributed by atoms with Crippen molar-refractivity contribution in [3.05, 3.63) is 60.2 Å². The van der Waals surface area contributed by atoms with Crippen molar-refractivity contribution in [1.82, 2.24) is 5.32 Å². The highest BCUT2D eigenvalue weighted by atomic mass is 16.5. The van der Waals surface area contributed by atoms with Crippen molar-refractivity contribution >= 4 is 17.5 Å². The quantitative estimate of drug-likeness (QED) is 0.755. The lowest BCUT2D eigenvalue weighted by molar-refractivity contribution is -0.120. The number of ether oxygens (including phenoxy) is 1. The van der Waals surface area contributed by atoms with Crippen molar-refractivity contribution in [3.8, 4) is 17.6 Å². The van der Waals surface area contributed by atoms with Gasteiger partial charge < -0.3 is 15.4 Å². The van der Waals surface area contributed by atoms with Crippen molar-refractivity contribution in [2.75, 3.05) is 18.5 Å². The fraction of sp³-hybridized carbons (Fsp3) is 0.238. The predicted molar refractivity (Wildman–Crippen MR) is 102 cm³/mol. The Morgan fingerprint density at radius 3 is 2.62 bits per heavy atom. The van der Waals surface area contributed by atoms with Gasteiger partial charge in [0, 0.05) is 25.1 Å². The molecule has 0 saturated carbocycles. The Morgan fingerprint density at radius 1 is 1.04 bits per heavy atom. The first kappa shape index (κ1) is 19.1. The molecule has 0 radical (unpaired) electrons. The van der Waals surface area contributed by atoms with Gasteiger partial charge >= 0.3 is 0 Å². The molecule has 26 heavy (non-hydrogen) atoms. The lowest BCUT2D eigenvalue weighted by Gasteiger charge is -2.05. The van der Waals surface area contributed by atoms with E-state index in [2.05, 4.69) is 22.5 Å². The highest BCUT2D eigenvalue weighted by Gasteiger charge is 2.00. The summed E-state index contributed by atoms with van der Waals surface area (Å²) in [6, 6.07) is 17.0. The number of anilines is 1. The molecule has 0 saturated heterocycles. The van der Waals surface area contributed by atoms with E-state index in [1.54, 1.807) is 24.3 Å². The minimum absolute atomic E-state index is 0.0212. The summed E-state index contributed by atoms with van der Waals surface area (Å²) in [5, 5.41) is 5.46. The van der Waals surface area contributed by atoms with Gasteiger partial charge in [-0.25, -0.2) is 0 Å². The summed E-state index contributed by atoms with van der Waals surface area (Å²) in [5.41, 5.74) is 1.82. The molecule has 0 aliphatic heterocycles. The summed E-state index contributed by atoms with van der Waals surface area (Å²) < 4.78 is 5.50. The molecule has 0 aliphatic rings. The molecule has 0 bridgehead atoms. The molecule has 2 aromatic rings. The smallest absolute Gasteiger partial charge is 0.221 e. The number of nitrogens with one attached hydrogen (secondary N) is 2. The maximum atomic E-state index is 11.8. The minimum Gasteiger partial charge on any atom is -0.481 e. The Morgan fingerprint density at radius 2 is 1.85 bits per heavy atom. The van der Waals surface area contributed by atoms with Crippen LogP contribution in [0.15, 0.2) is 54.6 Å². The zero-order valence-electron chi connectivity index (χ0n) is 14.7. The topological polar surface area (TPSA) is 67.4 Å². The highest BCUT2D eigenvalue weighted by Crippen LogP contribution is 2.16. The maximum absolute atomic E-state index is 11.8. The molecule has 5 nitrogen and oxygen atoms in total. The van der Waals surface area contributed by atoms with E-state index >= 15 is 0 Å². The number of hydrogen-bond donors (Lipinski definition) is 2. The fourth-order valence-corrected chi connectivity index (χ4v) is 2.23. The van der Waals surface area contributed by atoms with Crippen molar-refractivity contribution in [2.45, 2.75) is 19.8 Å². The van der Waals surface area contributed by atoms with Gasteiger partial charge in [0.05, 0.1) is 6.54 Å². The SMILES string of the molecule is CC(=O)Nc1cccc(OCC#CCNC(=O)CCc2ccccc2)c1. The number of rotatable bonds is 7. The van der Waals surface area contributed by atoms with Crippen LogP contribution >= 0.6 is 0 Å². The summed E-state index contributed by atoms with van der Waals surface area (Å²) in [7, 11) is 0. The van der Waals surface area contributed by atoms with E-state index in [9.17, 15) is 9.59 Å². The van der Waals surface area contributed by atoms with E-state index in [1.807, 2.05) is 30.3 Å². The molecule has 0 fully saturated rings. The number of benzene rings is 2. The first-order chi connectivity index (χ1) is 12.6. The molecule has 5 heteroatoms. The second-order valence-electron chi connectivity index (χ2n) is 5.61. The number of hydrogen-bond acceptors (Lipinski definition) is 3. The Kier molecular flexibility index (Phi) is 7.75. The summed E-state index contributed by atoms with van der Waals surface area (Å²) in [5.74, 6) is 6.17. The van der Waals surface area contributed by atoms with Gasteiger partial charge in [-0.3, -0.25) is 9.59 Å². The second-order valence-corrected chi connectivity index (χ2v) is 5.61. The first-order valence-electron chi connectivity index (χ1n) is 8.40. The Bertz CT molecular complexity index is 792. The third-order valence-corrected chi connectivity index (χ3v) is 3.45. The molecule has 2 amide bonds. The molecule has 0 aromatic heterocycles. The standard InChI is InChI=1S/C21H22N2O3/c1-17(24)23-19-10-7-11-20(16-19)26-15-6-5-14-22-21(25)13-12-18-8-3-2-4-9-18/h2-4,7-11,16H,12-15H2,1H3,(H,22,25)(H,23,24). The van der Waals surface area contributed by atoms with Gasteiger partial charge in [-0.2, -0.15) is 0 Å². The van der Waals surface area contributed by atoms with E-state index in [0.29, 0.717) is 30.8 Å². The monoisotopic (exact) mass is 350 g/mol. The molecule has 2 N–H and O–H groups in total. The van der Waals surface area contributed by atoms with Gasteiger partial charge in [0.25, 0.3) is 0 Å². The normalized spacial score (nSPS) is 9.58. The molecular weight excluding hydrogens is 328 g/mol. The Balaban J connectivity index is 1.64. The van der Waals surface area contributed by atoms with Crippen LogP contribution in [0.4, 0.5) is 5.69 Å². The van der Waals surface area contributed by atoms with Crippen LogP contribution in [0, 0.1) is 11.8 Å². The van der Waals surface area contributed by atoms with Gasteiger partial charge in [0.1, 0.15) is 12.4 Å². The van der Waals surface area contributed by atoms with Crippen LogP contribution in [0.25, 0.3) is 0 Å². The summed E-state index contributed by atoms with van der Waals surface area (Å²) in [6.45, 7) is 1.96. The zero-order valence-corrected chi connectivity index (χ0v) is 14.7. The number of amides is 2. The number of carbonyl (C=O) groups is 2. The third-order valence-electron chi connectivity index (χ3n) is 3.45. The zero-order chi connectivity index (χ0) is 18.6. The van der Waals surface area contributed by atoms with Gasteiger partial charge in [-0.15, -0.1) is 0 Å². The van der Waals surface area contributed by atoms with Crippen molar-refractivity contribution in [2.24, 2.45) is 0 Å². The average molecular weight is 350 g/mol. The van der Waals surface area contributed by atoms with Gasteiger partial charge in [0.15, 0.2) is 0 Å². The van der Waals surface area contributed by atoms with Crippen molar-refractivity contribution in [1.29, 1.82) is 0 Å². The molecule has 2 rings (SSSR count). The lowest BCUT2D eigenvalue weighted by Crippen LogP contribution is -2.23. The van der Waals surface area contributed by atoms with Gasteiger partial charge in [-0.05, 0) is 24.1 Å². The van der Waals surface area contributed by atoms with Crippen LogP contribution in [0.3, 0.4) is 0 Å². The van der Waals surface area contributed by atoms with E-state index in [1.165, 1.54) is 6.92 Å². The summed E-state index contributed by atoms with van der Waals surface area (Å²) in [4.78, 5) is 22.8. The molecule has 2 aromatic carbocycles. The van der Waals surface area contributed by atoms with Gasteiger partial charge in [0.2, 0.25) is 11.8 Å². The fourth-order valence-electron chi connectivity index (χ4n) is 2.23. The van der Waals surface area contributed by atoms with E-state index in [4.69, 9.17) is 4.74 Å². The van der Waals surface area contributed by atoms with E-state index in [-0.39, 0.29) is 18.4 Å². The molecule has 0 spiro atoms. The molecule has 134 valence electrons. The Labute approximate surface area is 153 Å². The summed E-state index contributed by atoms with van der Waals surface area (Å²) in [6.07, 6.45) is 1.16. The number of carbonyl (C=O) groups excluding carboxylic acids is 2. The van der Waals surface area contributed by atoms with Crippen LogP contribution in [0.5, 0.6) is 5.75 Å². The minimum atomic E-state index is -0.134. The van der Waals surface area contributed by atoms with Crippen LogP contribution in [0.1, 0.15) is 18.9 Å². The molecule has 0 heterocycles. The number of aryl methyl sites for hydroxylation is 1. The highest BCUT2D eigenvalue weighted by molar-refractivity contribution is 5.88. The molecule has 0 atom stereocenters. The lowest BCUT2D eigenvalue weighted by atomic mass is 10.1. The van der Waals surface area contributed by atoms with E-state index in [0.717, 1.165) is 5.56 Å². The van der Waals surface area contributed by atoms with Crippen LogP contribution in [-0.2, 0) is 16.0 Å². The molecule has 0 unspecified atom stereocenters. The molecular formula is C21H22N2O3. The predicted octanol–water partition coefficient (Wildman–Crippen LogP) is 2.78. The van der Waals surface area contributed by atoms with Crippen LogP contribution in [0.2, 0.25) is 0 Å². The van der Waals surface area contributed by atoms with E-state index < -0.39 is 0 Å². The van der Waals surface area contributed by atoms with Crippen molar-refractivity contribution in [3.63, 3.8) is 0 Å². The third kappa shape index (κ3) is 7.54. The van der Waals surface area contributed by atoms with Crippen LogP contribution < -0.4 is 15.4 Å². The maximum Gasteiger partial charge on any atom is 0.221 e. The average Bonchev–Trinajstić information content (AvgIpc) is 2.63. The molecule has 0 aliphatic carbocycles. The van der Waals surface area contributed by atoms with Crippen molar-refractivity contribution < 1.29 is 14.3 Å². The van der Waals surface area contributed by atoms with Gasteiger partial charge in [-0.1, -0.05) is 48.2 Å². The summed E-state index contributed by atoms with van der Waals surface area (Å²) >= 11 is 0. The second kappa shape index (κ2) is 10.6. The Hall–Kier alpha value is -3.26.